The Hall–Kier alpha value is -1.99. The van der Waals surface area contributed by atoms with Gasteiger partial charge in [-0.15, -0.1) is 0 Å². The van der Waals surface area contributed by atoms with Crippen molar-refractivity contribution in [2.24, 2.45) is 0 Å². The van der Waals surface area contributed by atoms with Crippen molar-refractivity contribution in [3.05, 3.63) is 17.2 Å². The Kier molecular flexibility index (Phi) is 4.08. The van der Waals surface area contributed by atoms with Crippen LogP contribution in [-0.2, 0) is 9.53 Å². The fourth-order valence-corrected chi connectivity index (χ4v) is 2.60. The predicted octanol–water partition coefficient (Wildman–Crippen LogP) is 1.92. The minimum absolute atomic E-state index is 0.0112. The number of urea groups is 1. The van der Waals surface area contributed by atoms with Crippen molar-refractivity contribution in [2.45, 2.75) is 13.0 Å². The van der Waals surface area contributed by atoms with Crippen LogP contribution in [0.5, 0.6) is 5.75 Å². The van der Waals surface area contributed by atoms with E-state index in [1.165, 1.54) is 0 Å². The van der Waals surface area contributed by atoms with E-state index in [1.807, 2.05) is 6.92 Å². The first-order chi connectivity index (χ1) is 10.5. The Balaban J connectivity index is 1.75. The van der Waals surface area contributed by atoms with E-state index in [1.54, 1.807) is 17.0 Å². The van der Waals surface area contributed by atoms with Gasteiger partial charge in [-0.2, -0.15) is 0 Å². The lowest BCUT2D eigenvalue weighted by atomic mass is 10.2. The summed E-state index contributed by atoms with van der Waals surface area (Å²) < 4.78 is 10.7. The summed E-state index contributed by atoms with van der Waals surface area (Å²) in [6.45, 7) is 3.44. The van der Waals surface area contributed by atoms with E-state index in [9.17, 15) is 9.59 Å². The molecule has 2 aliphatic heterocycles. The Labute approximate surface area is 132 Å². The maximum Gasteiger partial charge on any atom is 0.322 e. The van der Waals surface area contributed by atoms with Gasteiger partial charge in [-0.05, 0) is 13.0 Å². The van der Waals surface area contributed by atoms with E-state index in [-0.39, 0.29) is 24.6 Å². The number of halogens is 1. The maximum absolute atomic E-state index is 12.3. The number of fused-ring (bicyclic) bond motifs is 1. The van der Waals surface area contributed by atoms with Crippen LogP contribution in [0.2, 0.25) is 5.02 Å². The quantitative estimate of drug-likeness (QED) is 0.826. The number of rotatable bonds is 1. The first-order valence-electron chi connectivity index (χ1n) is 6.96. The topological polar surface area (TPSA) is 79.9 Å². The van der Waals surface area contributed by atoms with E-state index in [2.05, 4.69) is 10.6 Å². The molecule has 1 aromatic carbocycles. The SMILES string of the molecule is C[C@H]1CN(C(=O)Nc2cc3c(cc2Cl)NC(=O)CO3)CCO1. The number of carbonyl (C=O) groups is 2. The lowest BCUT2D eigenvalue weighted by Gasteiger charge is -2.31. The number of hydrogen-bond donors (Lipinski definition) is 2. The highest BCUT2D eigenvalue weighted by Crippen LogP contribution is 2.36. The number of carbonyl (C=O) groups excluding carboxylic acids is 2. The molecule has 7 nitrogen and oxygen atoms in total. The summed E-state index contributed by atoms with van der Waals surface area (Å²) in [5.41, 5.74) is 0.944. The van der Waals surface area contributed by atoms with E-state index < -0.39 is 0 Å². The van der Waals surface area contributed by atoms with Gasteiger partial charge in [-0.25, -0.2) is 4.79 Å². The van der Waals surface area contributed by atoms with Gasteiger partial charge in [0.15, 0.2) is 6.61 Å². The van der Waals surface area contributed by atoms with Crippen molar-refractivity contribution in [3.8, 4) is 5.75 Å². The molecule has 2 N–H and O–H groups in total. The summed E-state index contributed by atoms with van der Waals surface area (Å²) in [4.78, 5) is 25.2. The fourth-order valence-electron chi connectivity index (χ4n) is 2.39. The average Bonchev–Trinajstić information content (AvgIpc) is 2.48. The lowest BCUT2D eigenvalue weighted by molar-refractivity contribution is -0.118. The molecule has 8 heteroatoms. The zero-order chi connectivity index (χ0) is 15.7. The molecule has 118 valence electrons. The molecule has 0 radical (unpaired) electrons. The summed E-state index contributed by atoms with van der Waals surface area (Å²) in [7, 11) is 0. The highest BCUT2D eigenvalue weighted by molar-refractivity contribution is 6.34. The predicted molar refractivity (Wildman–Crippen MR) is 81.6 cm³/mol. The van der Waals surface area contributed by atoms with E-state index in [0.717, 1.165) is 0 Å². The van der Waals surface area contributed by atoms with Gasteiger partial charge in [0.1, 0.15) is 5.75 Å². The third kappa shape index (κ3) is 3.10. The van der Waals surface area contributed by atoms with Crippen LogP contribution in [0.15, 0.2) is 12.1 Å². The molecule has 0 aliphatic carbocycles. The Morgan fingerprint density at radius 1 is 1.50 bits per heavy atom. The summed E-state index contributed by atoms with van der Waals surface area (Å²) >= 11 is 6.16. The zero-order valence-electron chi connectivity index (χ0n) is 12.0. The summed E-state index contributed by atoms with van der Waals surface area (Å²) in [6, 6.07) is 2.93. The van der Waals surface area contributed by atoms with E-state index in [0.29, 0.717) is 41.8 Å². The van der Waals surface area contributed by atoms with Crippen LogP contribution < -0.4 is 15.4 Å². The van der Waals surface area contributed by atoms with Crippen LogP contribution in [0.1, 0.15) is 6.92 Å². The van der Waals surface area contributed by atoms with Gasteiger partial charge in [-0.1, -0.05) is 11.6 Å². The molecular weight excluding hydrogens is 310 g/mol. The molecule has 1 atom stereocenters. The van der Waals surface area contributed by atoms with Crippen LogP contribution in [0.25, 0.3) is 0 Å². The van der Waals surface area contributed by atoms with Gasteiger partial charge in [0.05, 0.1) is 29.1 Å². The Morgan fingerprint density at radius 2 is 2.32 bits per heavy atom. The highest BCUT2D eigenvalue weighted by atomic mass is 35.5. The van der Waals surface area contributed by atoms with Crippen LogP contribution in [0.4, 0.5) is 16.2 Å². The molecule has 1 saturated heterocycles. The van der Waals surface area contributed by atoms with E-state index >= 15 is 0 Å². The lowest BCUT2D eigenvalue weighted by Crippen LogP contribution is -2.46. The molecule has 1 aromatic rings. The van der Waals surface area contributed by atoms with E-state index in [4.69, 9.17) is 21.1 Å². The second-order valence-electron chi connectivity index (χ2n) is 5.22. The summed E-state index contributed by atoms with van der Waals surface area (Å²) in [5.74, 6) is 0.248. The number of anilines is 2. The molecule has 22 heavy (non-hydrogen) atoms. The molecule has 0 aromatic heterocycles. The average molecular weight is 326 g/mol. The monoisotopic (exact) mass is 325 g/mol. The molecule has 2 aliphatic rings. The number of morpholine rings is 1. The highest BCUT2D eigenvalue weighted by Gasteiger charge is 2.23. The normalized spacial score (nSPS) is 20.7. The Morgan fingerprint density at radius 3 is 3.09 bits per heavy atom. The molecule has 0 spiro atoms. The number of hydrogen-bond acceptors (Lipinski definition) is 4. The number of benzene rings is 1. The van der Waals surface area contributed by atoms with Crippen LogP contribution in [0.3, 0.4) is 0 Å². The van der Waals surface area contributed by atoms with Crippen LogP contribution in [0, 0.1) is 0 Å². The number of nitrogens with zero attached hydrogens (tertiary/aromatic N) is 1. The molecule has 3 amide bonds. The number of ether oxygens (including phenoxy) is 2. The third-order valence-corrected chi connectivity index (χ3v) is 3.78. The van der Waals surface area contributed by atoms with Crippen molar-refractivity contribution < 1.29 is 19.1 Å². The molecule has 2 heterocycles. The van der Waals surface area contributed by atoms with Gasteiger partial charge in [0, 0.05) is 19.2 Å². The van der Waals surface area contributed by atoms with Crippen molar-refractivity contribution in [3.63, 3.8) is 0 Å². The summed E-state index contributed by atoms with van der Waals surface area (Å²) in [5, 5.41) is 5.76. The van der Waals surface area contributed by atoms with Gasteiger partial charge in [0.2, 0.25) is 0 Å². The van der Waals surface area contributed by atoms with Crippen molar-refractivity contribution >= 4 is 34.9 Å². The van der Waals surface area contributed by atoms with Gasteiger partial charge in [0.25, 0.3) is 5.91 Å². The maximum atomic E-state index is 12.3. The van der Waals surface area contributed by atoms with Crippen LogP contribution in [-0.4, -0.2) is 49.2 Å². The molecule has 0 saturated carbocycles. The van der Waals surface area contributed by atoms with Crippen molar-refractivity contribution in [1.82, 2.24) is 4.90 Å². The minimum atomic E-state index is -0.239. The Bertz CT molecular complexity index is 622. The first-order valence-corrected chi connectivity index (χ1v) is 7.34. The van der Waals surface area contributed by atoms with Gasteiger partial charge >= 0.3 is 6.03 Å². The second-order valence-corrected chi connectivity index (χ2v) is 5.63. The molecule has 0 bridgehead atoms. The second kappa shape index (κ2) is 6.02. The zero-order valence-corrected chi connectivity index (χ0v) is 12.8. The van der Waals surface area contributed by atoms with Gasteiger partial charge in [-0.3, -0.25) is 4.79 Å². The largest absolute Gasteiger partial charge is 0.482 e. The number of nitrogens with one attached hydrogen (secondary N) is 2. The summed E-state index contributed by atoms with van der Waals surface area (Å²) in [6.07, 6.45) is 0.0112. The van der Waals surface area contributed by atoms with Crippen molar-refractivity contribution in [1.29, 1.82) is 0 Å². The molecule has 3 rings (SSSR count). The standard InChI is InChI=1S/C14H16ClN3O4/c1-8-6-18(2-3-21-8)14(20)17-10-5-12-11(4-9(10)15)16-13(19)7-22-12/h4-5,8H,2-3,6-7H2,1H3,(H,16,19)(H,17,20)/t8-/m0/s1. The minimum Gasteiger partial charge on any atom is -0.482 e. The van der Waals surface area contributed by atoms with Gasteiger partial charge < -0.3 is 25.0 Å². The molecule has 1 fully saturated rings. The third-order valence-electron chi connectivity index (χ3n) is 3.47. The number of amides is 3. The molecular formula is C14H16ClN3O4. The smallest absolute Gasteiger partial charge is 0.322 e. The fraction of sp³-hybridized carbons (Fsp3) is 0.429. The first kappa shape index (κ1) is 14.9. The van der Waals surface area contributed by atoms with Crippen molar-refractivity contribution in [2.75, 3.05) is 36.9 Å². The molecule has 0 unspecified atom stereocenters. The van der Waals surface area contributed by atoms with Crippen LogP contribution >= 0.6 is 11.6 Å².